The van der Waals surface area contributed by atoms with Gasteiger partial charge in [0.05, 0.1) is 22.4 Å². The molecule has 0 radical (unpaired) electrons. The topological polar surface area (TPSA) is 69.6 Å². The molecule has 0 spiro atoms. The zero-order valence-electron chi connectivity index (χ0n) is 15.0. The minimum atomic E-state index is -4.74. The van der Waals surface area contributed by atoms with Crippen molar-refractivity contribution in [1.82, 2.24) is 0 Å². The van der Waals surface area contributed by atoms with Crippen LogP contribution in [0.4, 0.5) is 24.5 Å². The predicted octanol–water partition coefficient (Wildman–Crippen LogP) is 3.40. The van der Waals surface area contributed by atoms with E-state index in [1.807, 2.05) is 4.90 Å². The second-order valence-electron chi connectivity index (χ2n) is 6.66. The number of halogens is 3. The van der Waals surface area contributed by atoms with Crippen LogP contribution in [-0.2, 0) is 16.4 Å². The molecule has 0 atom stereocenters. The van der Waals surface area contributed by atoms with Crippen molar-refractivity contribution in [3.05, 3.63) is 53.8 Å². The maximum atomic E-state index is 14.5. The molecule has 1 aliphatic rings. The van der Waals surface area contributed by atoms with E-state index in [4.69, 9.17) is 0 Å². The number of nitrogens with zero attached hydrogens (tertiary/aromatic N) is 1. The number of aliphatic hydroxyl groups is 1. The number of anilines is 2. The van der Waals surface area contributed by atoms with E-state index in [9.17, 15) is 26.7 Å². The Hall–Kier alpha value is -2.26. The average molecular weight is 414 g/mol. The lowest BCUT2D eigenvalue weighted by Crippen LogP contribution is -2.36. The molecule has 1 fully saturated rings. The van der Waals surface area contributed by atoms with Crippen LogP contribution in [0.5, 0.6) is 0 Å². The van der Waals surface area contributed by atoms with E-state index in [0.717, 1.165) is 6.07 Å². The number of sulfone groups is 1. The molecule has 1 saturated heterocycles. The van der Waals surface area contributed by atoms with Crippen molar-refractivity contribution in [3.63, 3.8) is 0 Å². The fourth-order valence-corrected chi connectivity index (χ4v) is 4.08. The van der Waals surface area contributed by atoms with Crippen LogP contribution in [0.1, 0.15) is 18.4 Å². The molecule has 9 heteroatoms. The third-order valence-corrected chi connectivity index (χ3v) is 6.17. The summed E-state index contributed by atoms with van der Waals surface area (Å²) in [5.41, 5.74) is 1.02. The summed E-state index contributed by atoms with van der Waals surface area (Å²) in [7, 11) is -4.74. The van der Waals surface area contributed by atoms with E-state index in [0.29, 0.717) is 37.2 Å². The Morgan fingerprint density at radius 1 is 1.14 bits per heavy atom. The summed E-state index contributed by atoms with van der Waals surface area (Å²) in [6, 6.07) is 10.0. The van der Waals surface area contributed by atoms with E-state index in [2.05, 4.69) is 5.32 Å². The number of piperidine rings is 1. The Labute approximate surface area is 161 Å². The fraction of sp³-hybridized carbons (Fsp3) is 0.368. The number of hydrogen-bond donors (Lipinski definition) is 2. The molecule has 0 aromatic heterocycles. The monoisotopic (exact) mass is 414 g/mol. The first-order chi connectivity index (χ1) is 13.3. The van der Waals surface area contributed by atoms with E-state index >= 15 is 0 Å². The molecule has 0 amide bonds. The van der Waals surface area contributed by atoms with Crippen molar-refractivity contribution in [2.24, 2.45) is 0 Å². The van der Waals surface area contributed by atoms with Crippen LogP contribution < -0.4 is 10.2 Å². The highest BCUT2D eigenvalue weighted by molar-refractivity contribution is 7.91. The van der Waals surface area contributed by atoms with Crippen LogP contribution in [0.3, 0.4) is 0 Å². The van der Waals surface area contributed by atoms with Gasteiger partial charge in [0.25, 0.3) is 0 Å². The van der Waals surface area contributed by atoms with Crippen LogP contribution in [0.25, 0.3) is 0 Å². The standard InChI is InChI=1S/C19H21F3N2O3S/c20-15-11-13(5-6-17(15)24-9-7-14(25)8-10-24)12-23-16-3-1-2-4-18(16)28(26,27)19(21)22/h1-6,11,14,19,23,25H,7-10,12H2. The highest BCUT2D eigenvalue weighted by Crippen LogP contribution is 2.28. The first-order valence-electron chi connectivity index (χ1n) is 8.85. The molecular formula is C19H21F3N2O3S. The fourth-order valence-electron chi connectivity index (χ4n) is 3.18. The van der Waals surface area contributed by atoms with Gasteiger partial charge in [-0.2, -0.15) is 8.78 Å². The summed E-state index contributed by atoms with van der Waals surface area (Å²) in [6.07, 6.45) is 0.809. The van der Waals surface area contributed by atoms with Crippen LogP contribution in [0, 0.1) is 5.82 Å². The Morgan fingerprint density at radius 3 is 2.46 bits per heavy atom. The lowest BCUT2D eigenvalue weighted by molar-refractivity contribution is 0.145. The highest BCUT2D eigenvalue weighted by atomic mass is 32.2. The molecule has 5 nitrogen and oxygen atoms in total. The molecule has 0 unspecified atom stereocenters. The first kappa shape index (κ1) is 20.5. The van der Waals surface area contributed by atoms with Crippen LogP contribution in [0.2, 0.25) is 0 Å². The molecular weight excluding hydrogens is 393 g/mol. The van der Waals surface area contributed by atoms with Gasteiger partial charge >= 0.3 is 5.76 Å². The molecule has 3 rings (SSSR count). The third-order valence-electron chi connectivity index (χ3n) is 4.73. The van der Waals surface area contributed by atoms with Gasteiger partial charge in [0.15, 0.2) is 0 Å². The Kier molecular flexibility index (Phi) is 6.14. The molecule has 0 aliphatic carbocycles. The van der Waals surface area contributed by atoms with Gasteiger partial charge in [0.1, 0.15) is 5.82 Å². The van der Waals surface area contributed by atoms with Crippen LogP contribution in [-0.4, -0.2) is 38.5 Å². The van der Waals surface area contributed by atoms with Gasteiger partial charge in [0.2, 0.25) is 9.84 Å². The van der Waals surface area contributed by atoms with Crippen LogP contribution in [0.15, 0.2) is 47.4 Å². The highest BCUT2D eigenvalue weighted by Gasteiger charge is 2.29. The zero-order valence-corrected chi connectivity index (χ0v) is 15.8. The van der Waals surface area contributed by atoms with Crippen LogP contribution >= 0.6 is 0 Å². The third kappa shape index (κ3) is 4.41. The summed E-state index contributed by atoms with van der Waals surface area (Å²) in [6.45, 7) is 1.20. The average Bonchev–Trinajstić information content (AvgIpc) is 2.67. The molecule has 1 heterocycles. The summed E-state index contributed by atoms with van der Waals surface area (Å²) in [4.78, 5) is 1.37. The molecule has 2 aromatic carbocycles. The maximum absolute atomic E-state index is 14.5. The molecule has 28 heavy (non-hydrogen) atoms. The minimum Gasteiger partial charge on any atom is -0.393 e. The number of para-hydroxylation sites is 1. The Balaban J connectivity index is 1.73. The van der Waals surface area contributed by atoms with Gasteiger partial charge < -0.3 is 15.3 Å². The number of hydrogen-bond acceptors (Lipinski definition) is 5. The van der Waals surface area contributed by atoms with Gasteiger partial charge in [0, 0.05) is 19.6 Å². The van der Waals surface area contributed by atoms with E-state index < -0.39 is 26.3 Å². The molecule has 0 bridgehead atoms. The summed E-state index contributed by atoms with van der Waals surface area (Å²) in [5.74, 6) is -3.94. The van der Waals surface area contributed by atoms with Crippen molar-refractivity contribution in [2.45, 2.75) is 36.1 Å². The summed E-state index contributed by atoms with van der Waals surface area (Å²) >= 11 is 0. The van der Waals surface area contributed by atoms with Crippen molar-refractivity contribution in [1.29, 1.82) is 0 Å². The number of benzene rings is 2. The lowest BCUT2D eigenvalue weighted by atomic mass is 10.1. The second kappa shape index (κ2) is 8.40. The van der Waals surface area contributed by atoms with Crippen molar-refractivity contribution in [2.75, 3.05) is 23.3 Å². The molecule has 1 aliphatic heterocycles. The predicted molar refractivity (Wildman–Crippen MR) is 101 cm³/mol. The van der Waals surface area contributed by atoms with Gasteiger partial charge in [-0.25, -0.2) is 12.8 Å². The summed E-state index contributed by atoms with van der Waals surface area (Å²) in [5, 5.41) is 12.4. The molecule has 0 saturated carbocycles. The van der Waals surface area contributed by atoms with E-state index in [1.54, 1.807) is 12.1 Å². The number of aliphatic hydroxyl groups excluding tert-OH is 1. The number of alkyl halides is 2. The Morgan fingerprint density at radius 2 is 1.82 bits per heavy atom. The molecule has 2 N–H and O–H groups in total. The van der Waals surface area contributed by atoms with Gasteiger partial charge in [-0.1, -0.05) is 18.2 Å². The smallest absolute Gasteiger partial charge is 0.341 e. The largest absolute Gasteiger partial charge is 0.393 e. The summed E-state index contributed by atoms with van der Waals surface area (Å²) < 4.78 is 63.8. The second-order valence-corrected chi connectivity index (χ2v) is 8.55. The van der Waals surface area contributed by atoms with Gasteiger partial charge in [-0.3, -0.25) is 0 Å². The molecule has 152 valence electrons. The minimum absolute atomic E-state index is 0.0392. The molecule has 2 aromatic rings. The SMILES string of the molecule is O=S(=O)(c1ccccc1NCc1ccc(N2CCC(O)CC2)c(F)c1)C(F)F. The van der Waals surface area contributed by atoms with Crippen molar-refractivity contribution >= 4 is 21.2 Å². The normalized spacial score (nSPS) is 15.8. The maximum Gasteiger partial charge on any atom is 0.341 e. The van der Waals surface area contributed by atoms with Gasteiger partial charge in [-0.15, -0.1) is 0 Å². The van der Waals surface area contributed by atoms with Crippen molar-refractivity contribution in [3.8, 4) is 0 Å². The quantitative estimate of drug-likeness (QED) is 0.758. The van der Waals surface area contributed by atoms with E-state index in [-0.39, 0.29) is 18.3 Å². The number of nitrogens with one attached hydrogen (secondary N) is 1. The first-order valence-corrected chi connectivity index (χ1v) is 10.4. The lowest BCUT2D eigenvalue weighted by Gasteiger charge is -2.31. The van der Waals surface area contributed by atoms with Gasteiger partial charge in [-0.05, 0) is 42.7 Å². The van der Waals surface area contributed by atoms with E-state index in [1.165, 1.54) is 24.3 Å². The Bertz CT molecular complexity index is 930. The van der Waals surface area contributed by atoms with Crippen molar-refractivity contribution < 1.29 is 26.7 Å². The zero-order chi connectivity index (χ0) is 20.3. The number of rotatable bonds is 6.